The summed E-state index contributed by atoms with van der Waals surface area (Å²) in [6, 6.07) is 7.60. The highest BCUT2D eigenvalue weighted by molar-refractivity contribution is 6.35. The van der Waals surface area contributed by atoms with Crippen molar-refractivity contribution in [3.05, 3.63) is 51.5 Å². The molecule has 0 fully saturated rings. The van der Waals surface area contributed by atoms with Gasteiger partial charge < -0.3 is 25.2 Å². The Bertz CT molecular complexity index is 826. The molecule has 0 saturated heterocycles. The van der Waals surface area contributed by atoms with E-state index in [0.29, 0.717) is 22.8 Å². The molecule has 6 nitrogen and oxygen atoms in total. The summed E-state index contributed by atoms with van der Waals surface area (Å²) in [4.78, 5) is 14.3. The number of aromatic hydroxyl groups is 2. The minimum Gasteiger partial charge on any atom is -0.507 e. The monoisotopic (exact) mass is 426 g/mol. The third-order valence-electron chi connectivity index (χ3n) is 4.34. The van der Waals surface area contributed by atoms with E-state index in [4.69, 9.17) is 27.9 Å². The topological polar surface area (TPSA) is 82.0 Å². The first-order valence-electron chi connectivity index (χ1n) is 8.98. The quantitative estimate of drug-likeness (QED) is 0.511. The van der Waals surface area contributed by atoms with Crippen molar-refractivity contribution in [1.29, 1.82) is 0 Å². The molecule has 152 valence electrons. The molecule has 0 aromatic heterocycles. The van der Waals surface area contributed by atoms with E-state index in [2.05, 4.69) is 10.2 Å². The van der Waals surface area contributed by atoms with Crippen LogP contribution in [0.3, 0.4) is 0 Å². The molecule has 28 heavy (non-hydrogen) atoms. The zero-order chi connectivity index (χ0) is 20.7. The van der Waals surface area contributed by atoms with Crippen LogP contribution in [0.5, 0.6) is 11.5 Å². The Hall–Kier alpha value is -2.15. The largest absolute Gasteiger partial charge is 0.507 e. The molecule has 0 spiro atoms. The number of rotatable bonds is 9. The van der Waals surface area contributed by atoms with E-state index in [0.717, 1.165) is 13.1 Å². The maximum Gasteiger partial charge on any atom is 0.341 e. The highest BCUT2D eigenvalue weighted by Crippen LogP contribution is 2.32. The van der Waals surface area contributed by atoms with Crippen molar-refractivity contribution in [1.82, 2.24) is 4.90 Å². The number of hydrogen-bond acceptors (Lipinski definition) is 6. The van der Waals surface area contributed by atoms with Crippen molar-refractivity contribution in [3.63, 3.8) is 0 Å². The lowest BCUT2D eigenvalue weighted by atomic mass is 10.1. The van der Waals surface area contributed by atoms with Gasteiger partial charge in [0.15, 0.2) is 0 Å². The third kappa shape index (κ3) is 5.92. The van der Waals surface area contributed by atoms with Gasteiger partial charge in [-0.2, -0.15) is 0 Å². The summed E-state index contributed by atoms with van der Waals surface area (Å²) in [6.45, 7) is 6.98. The standard InChI is InChI=1S/C20H24Cl2N2O4/c1-3-24(4-2)7-8-28-20(27)16-6-5-15(11-18(16)25)23-12-13-9-14(21)10-17(22)19(13)26/h5-6,9-11,23,25-26H,3-4,7-8,12H2,1-2H3. The molecule has 2 aromatic carbocycles. The number of nitrogens with zero attached hydrogens (tertiary/aromatic N) is 1. The van der Waals surface area contributed by atoms with Gasteiger partial charge >= 0.3 is 5.97 Å². The summed E-state index contributed by atoms with van der Waals surface area (Å²) < 4.78 is 5.23. The fourth-order valence-electron chi connectivity index (χ4n) is 2.65. The molecule has 0 bridgehead atoms. The van der Waals surface area contributed by atoms with E-state index < -0.39 is 5.97 Å². The third-order valence-corrected chi connectivity index (χ3v) is 4.85. The minimum absolute atomic E-state index is 0.0591. The van der Waals surface area contributed by atoms with Crippen molar-refractivity contribution >= 4 is 34.9 Å². The smallest absolute Gasteiger partial charge is 0.341 e. The first kappa shape index (κ1) is 22.1. The van der Waals surface area contributed by atoms with Crippen molar-refractivity contribution in [2.24, 2.45) is 0 Å². The fourth-order valence-corrected chi connectivity index (χ4v) is 3.19. The zero-order valence-electron chi connectivity index (χ0n) is 15.8. The van der Waals surface area contributed by atoms with Crippen LogP contribution in [0.4, 0.5) is 5.69 Å². The van der Waals surface area contributed by atoms with Crippen LogP contribution in [0, 0.1) is 0 Å². The Balaban J connectivity index is 1.97. The van der Waals surface area contributed by atoms with Gasteiger partial charge in [0.1, 0.15) is 23.7 Å². The molecule has 3 N–H and O–H groups in total. The highest BCUT2D eigenvalue weighted by Gasteiger charge is 2.14. The summed E-state index contributed by atoms with van der Waals surface area (Å²) in [5.74, 6) is -0.821. The van der Waals surface area contributed by atoms with Gasteiger partial charge in [0.2, 0.25) is 0 Å². The fraction of sp³-hybridized carbons (Fsp3) is 0.350. The lowest BCUT2D eigenvalue weighted by molar-refractivity contribution is 0.0463. The number of esters is 1. The molecule has 2 aromatic rings. The van der Waals surface area contributed by atoms with E-state index in [9.17, 15) is 15.0 Å². The average Bonchev–Trinajstić information content (AvgIpc) is 2.66. The summed E-state index contributed by atoms with van der Waals surface area (Å²) >= 11 is 11.9. The van der Waals surface area contributed by atoms with Gasteiger partial charge in [-0.25, -0.2) is 4.79 Å². The van der Waals surface area contributed by atoms with Gasteiger partial charge in [-0.15, -0.1) is 0 Å². The Morgan fingerprint density at radius 1 is 1.14 bits per heavy atom. The number of phenolic OH excluding ortho intramolecular Hbond substituents is 2. The molecule has 8 heteroatoms. The number of benzene rings is 2. The lowest BCUT2D eigenvalue weighted by Crippen LogP contribution is -2.27. The van der Waals surface area contributed by atoms with Crippen molar-refractivity contribution < 1.29 is 19.7 Å². The maximum absolute atomic E-state index is 12.2. The van der Waals surface area contributed by atoms with Gasteiger partial charge in [0, 0.05) is 35.4 Å². The maximum atomic E-state index is 12.2. The van der Waals surface area contributed by atoms with Crippen molar-refractivity contribution in [3.8, 4) is 11.5 Å². The summed E-state index contributed by atoms with van der Waals surface area (Å²) in [5, 5.41) is 23.8. The van der Waals surface area contributed by atoms with Crippen LogP contribution in [-0.2, 0) is 11.3 Å². The number of nitrogens with one attached hydrogen (secondary N) is 1. The van der Waals surface area contributed by atoms with Gasteiger partial charge in [-0.3, -0.25) is 0 Å². The number of hydrogen-bond donors (Lipinski definition) is 3. The number of phenols is 2. The van der Waals surface area contributed by atoms with Gasteiger partial charge in [0.25, 0.3) is 0 Å². The van der Waals surface area contributed by atoms with Crippen LogP contribution in [0.15, 0.2) is 30.3 Å². The summed E-state index contributed by atoms with van der Waals surface area (Å²) in [6.07, 6.45) is 0. The zero-order valence-corrected chi connectivity index (χ0v) is 17.3. The molecule has 0 saturated carbocycles. The Labute approximate surface area is 174 Å². The SMILES string of the molecule is CCN(CC)CCOC(=O)c1ccc(NCc2cc(Cl)cc(Cl)c2O)cc1O. The molecule has 0 atom stereocenters. The molecule has 0 heterocycles. The highest BCUT2D eigenvalue weighted by atomic mass is 35.5. The molecule has 0 radical (unpaired) electrons. The number of carbonyl (C=O) groups is 1. The van der Waals surface area contributed by atoms with Crippen LogP contribution in [0.25, 0.3) is 0 Å². The van der Waals surface area contributed by atoms with E-state index in [1.807, 2.05) is 13.8 Å². The van der Waals surface area contributed by atoms with Crippen LogP contribution in [-0.4, -0.2) is 47.3 Å². The number of ether oxygens (including phenoxy) is 1. The lowest BCUT2D eigenvalue weighted by Gasteiger charge is -2.17. The van der Waals surface area contributed by atoms with Crippen molar-refractivity contribution in [2.75, 3.05) is 31.6 Å². The first-order valence-corrected chi connectivity index (χ1v) is 9.74. The van der Waals surface area contributed by atoms with Crippen LogP contribution >= 0.6 is 23.2 Å². The number of carbonyl (C=O) groups excluding carboxylic acids is 1. The molecule has 0 aliphatic carbocycles. The molecule has 2 rings (SSSR count). The Morgan fingerprint density at radius 3 is 2.50 bits per heavy atom. The van der Waals surface area contributed by atoms with E-state index in [1.54, 1.807) is 12.1 Å². The van der Waals surface area contributed by atoms with Crippen molar-refractivity contribution in [2.45, 2.75) is 20.4 Å². The summed E-state index contributed by atoms with van der Waals surface area (Å²) in [7, 11) is 0. The van der Waals surface area contributed by atoms with Crippen LogP contribution in [0.1, 0.15) is 29.8 Å². The normalized spacial score (nSPS) is 10.9. The molecular weight excluding hydrogens is 403 g/mol. The van der Waals surface area contributed by atoms with Gasteiger partial charge in [0.05, 0.1) is 5.02 Å². The average molecular weight is 427 g/mol. The molecular formula is C20H24Cl2N2O4. The van der Waals surface area contributed by atoms with Gasteiger partial charge in [-0.05, 0) is 37.4 Å². The molecule has 0 unspecified atom stereocenters. The van der Waals surface area contributed by atoms with Crippen LogP contribution in [0.2, 0.25) is 10.0 Å². The van der Waals surface area contributed by atoms with E-state index >= 15 is 0 Å². The number of likely N-dealkylation sites (N-methyl/N-ethyl adjacent to an activating group) is 1. The second-order valence-electron chi connectivity index (χ2n) is 6.14. The van der Waals surface area contributed by atoms with Gasteiger partial charge in [-0.1, -0.05) is 37.0 Å². The Kier molecular flexibility index (Phi) is 8.23. The summed E-state index contributed by atoms with van der Waals surface area (Å²) in [5.41, 5.74) is 1.17. The first-order chi connectivity index (χ1) is 13.3. The Morgan fingerprint density at radius 2 is 1.86 bits per heavy atom. The minimum atomic E-state index is -0.574. The number of halogens is 2. The number of anilines is 1. The predicted molar refractivity (Wildman–Crippen MR) is 112 cm³/mol. The second kappa shape index (κ2) is 10.4. The van der Waals surface area contributed by atoms with E-state index in [-0.39, 0.29) is 35.2 Å². The molecule has 0 aliphatic heterocycles. The second-order valence-corrected chi connectivity index (χ2v) is 6.99. The molecule has 0 amide bonds. The molecule has 0 aliphatic rings. The van der Waals surface area contributed by atoms with Crippen LogP contribution < -0.4 is 5.32 Å². The predicted octanol–water partition coefficient (Wildman–Crippen LogP) is 4.52. The van der Waals surface area contributed by atoms with E-state index in [1.165, 1.54) is 18.2 Å².